The number of para-hydroxylation sites is 1. The lowest BCUT2D eigenvalue weighted by Gasteiger charge is -2.31. The average Bonchev–Trinajstić information content (AvgIpc) is 2.69. The smallest absolute Gasteiger partial charge is 0.224 e. The summed E-state index contributed by atoms with van der Waals surface area (Å²) in [5.74, 6) is 0.867. The number of nitrogens with one attached hydrogen (secondary N) is 2. The summed E-state index contributed by atoms with van der Waals surface area (Å²) in [6.45, 7) is 3.11. The molecule has 0 atom stereocenters. The molecule has 1 aromatic rings. The topological polar surface area (TPSA) is 44.4 Å². The van der Waals surface area contributed by atoms with Crippen LogP contribution in [0.5, 0.6) is 0 Å². The van der Waals surface area contributed by atoms with Gasteiger partial charge in [-0.25, -0.2) is 0 Å². The van der Waals surface area contributed by atoms with E-state index in [4.69, 9.17) is 0 Å². The van der Waals surface area contributed by atoms with E-state index in [-0.39, 0.29) is 5.91 Å². The third-order valence-electron chi connectivity index (χ3n) is 6.15. The van der Waals surface area contributed by atoms with Crippen LogP contribution in [0.1, 0.15) is 63.4 Å². The summed E-state index contributed by atoms with van der Waals surface area (Å²) >= 11 is 0. The van der Waals surface area contributed by atoms with Gasteiger partial charge in [-0.15, -0.1) is 0 Å². The number of piperidine rings is 1. The molecule has 0 radical (unpaired) electrons. The molecule has 3 rings (SSSR count). The summed E-state index contributed by atoms with van der Waals surface area (Å²) in [7, 11) is 2.23. The number of carbonyl (C=O) groups excluding carboxylic acids is 1. The molecule has 0 spiro atoms. The number of nitrogens with zero attached hydrogens (tertiary/aromatic N) is 1. The van der Waals surface area contributed by atoms with Crippen molar-refractivity contribution in [1.29, 1.82) is 0 Å². The summed E-state index contributed by atoms with van der Waals surface area (Å²) in [6.07, 6.45) is 10.8. The highest BCUT2D eigenvalue weighted by Crippen LogP contribution is 2.25. The van der Waals surface area contributed by atoms with E-state index in [2.05, 4.69) is 34.7 Å². The Kier molecular flexibility index (Phi) is 7.51. The Labute approximate surface area is 158 Å². The molecular formula is C22H35N3O. The first-order chi connectivity index (χ1) is 12.7. The zero-order valence-corrected chi connectivity index (χ0v) is 16.3. The van der Waals surface area contributed by atoms with Crippen LogP contribution in [0.3, 0.4) is 0 Å². The van der Waals surface area contributed by atoms with Gasteiger partial charge >= 0.3 is 0 Å². The van der Waals surface area contributed by atoms with Gasteiger partial charge in [-0.3, -0.25) is 9.69 Å². The maximum atomic E-state index is 12.5. The molecule has 0 bridgehead atoms. The van der Waals surface area contributed by atoms with Crippen molar-refractivity contribution in [2.24, 2.45) is 5.92 Å². The van der Waals surface area contributed by atoms with Crippen molar-refractivity contribution in [2.75, 3.05) is 25.5 Å². The fraction of sp³-hybridized carbons (Fsp3) is 0.682. The molecule has 2 N–H and O–H groups in total. The standard InChI is InChI=1S/C22H35N3O/c1-25(20-8-3-2-4-9-20)17-19-7-5-6-10-21(19)24-22(26)12-11-18-13-15-23-16-14-18/h5-7,10,18,20,23H,2-4,8-9,11-17H2,1H3,(H,24,26). The lowest BCUT2D eigenvalue weighted by molar-refractivity contribution is -0.116. The van der Waals surface area contributed by atoms with E-state index in [1.54, 1.807) is 0 Å². The molecular weight excluding hydrogens is 322 g/mol. The van der Waals surface area contributed by atoms with Crippen molar-refractivity contribution in [1.82, 2.24) is 10.2 Å². The molecule has 1 aliphatic carbocycles. The SMILES string of the molecule is CN(Cc1ccccc1NC(=O)CCC1CCNCC1)C1CCCCC1. The van der Waals surface area contributed by atoms with Crippen LogP contribution in [-0.4, -0.2) is 37.0 Å². The van der Waals surface area contributed by atoms with Crippen LogP contribution in [0.15, 0.2) is 24.3 Å². The average molecular weight is 358 g/mol. The zero-order valence-electron chi connectivity index (χ0n) is 16.3. The molecule has 144 valence electrons. The van der Waals surface area contributed by atoms with E-state index < -0.39 is 0 Å². The van der Waals surface area contributed by atoms with Gasteiger partial charge in [-0.1, -0.05) is 37.5 Å². The Hall–Kier alpha value is -1.39. The van der Waals surface area contributed by atoms with E-state index in [1.165, 1.54) is 50.5 Å². The van der Waals surface area contributed by atoms with E-state index in [1.807, 2.05) is 12.1 Å². The first-order valence-electron chi connectivity index (χ1n) is 10.5. The number of carbonyl (C=O) groups is 1. The van der Waals surface area contributed by atoms with Crippen molar-refractivity contribution in [3.8, 4) is 0 Å². The fourth-order valence-electron chi connectivity index (χ4n) is 4.42. The van der Waals surface area contributed by atoms with Gasteiger partial charge in [0, 0.05) is 24.7 Å². The highest BCUT2D eigenvalue weighted by atomic mass is 16.1. The van der Waals surface area contributed by atoms with Gasteiger partial charge in [-0.2, -0.15) is 0 Å². The second-order valence-corrected chi connectivity index (χ2v) is 8.14. The molecule has 1 heterocycles. The van der Waals surface area contributed by atoms with Gasteiger partial charge in [0.05, 0.1) is 0 Å². The number of anilines is 1. The van der Waals surface area contributed by atoms with Crippen molar-refractivity contribution in [2.45, 2.75) is 70.4 Å². The molecule has 1 aromatic carbocycles. The number of amides is 1. The van der Waals surface area contributed by atoms with E-state index in [0.717, 1.165) is 31.7 Å². The van der Waals surface area contributed by atoms with Gasteiger partial charge in [0.2, 0.25) is 5.91 Å². The molecule has 26 heavy (non-hydrogen) atoms. The maximum Gasteiger partial charge on any atom is 0.224 e. The minimum absolute atomic E-state index is 0.163. The fourth-order valence-corrected chi connectivity index (χ4v) is 4.42. The van der Waals surface area contributed by atoms with Crippen LogP contribution < -0.4 is 10.6 Å². The van der Waals surface area contributed by atoms with Crippen molar-refractivity contribution >= 4 is 11.6 Å². The highest BCUT2D eigenvalue weighted by molar-refractivity contribution is 5.91. The Morgan fingerprint density at radius 3 is 2.62 bits per heavy atom. The lowest BCUT2D eigenvalue weighted by atomic mass is 9.93. The van der Waals surface area contributed by atoms with Crippen LogP contribution in [0.4, 0.5) is 5.69 Å². The molecule has 1 aliphatic heterocycles. The zero-order chi connectivity index (χ0) is 18.2. The Morgan fingerprint density at radius 1 is 1.12 bits per heavy atom. The van der Waals surface area contributed by atoms with Gasteiger partial charge in [0.25, 0.3) is 0 Å². The Bertz CT molecular complexity index is 562. The second-order valence-electron chi connectivity index (χ2n) is 8.14. The normalized spacial score (nSPS) is 19.6. The van der Waals surface area contributed by atoms with Crippen molar-refractivity contribution in [3.63, 3.8) is 0 Å². The first-order valence-corrected chi connectivity index (χ1v) is 10.5. The molecule has 2 fully saturated rings. The van der Waals surface area contributed by atoms with Crippen LogP contribution >= 0.6 is 0 Å². The molecule has 0 unspecified atom stereocenters. The number of benzene rings is 1. The first kappa shape index (κ1) is 19.4. The number of hydrogen-bond acceptors (Lipinski definition) is 3. The van der Waals surface area contributed by atoms with Crippen molar-refractivity contribution in [3.05, 3.63) is 29.8 Å². The molecule has 1 saturated carbocycles. The molecule has 4 heteroatoms. The van der Waals surface area contributed by atoms with E-state index in [9.17, 15) is 4.79 Å². The predicted octanol–water partition coefficient (Wildman–Crippen LogP) is 4.17. The largest absolute Gasteiger partial charge is 0.326 e. The minimum atomic E-state index is 0.163. The predicted molar refractivity (Wildman–Crippen MR) is 108 cm³/mol. The maximum absolute atomic E-state index is 12.5. The monoisotopic (exact) mass is 357 g/mol. The van der Waals surface area contributed by atoms with E-state index in [0.29, 0.717) is 18.4 Å². The third kappa shape index (κ3) is 5.82. The summed E-state index contributed by atoms with van der Waals surface area (Å²) in [5.41, 5.74) is 2.22. The summed E-state index contributed by atoms with van der Waals surface area (Å²) in [5, 5.41) is 6.57. The van der Waals surface area contributed by atoms with Crippen LogP contribution in [0.25, 0.3) is 0 Å². The Balaban J connectivity index is 1.51. The highest BCUT2D eigenvalue weighted by Gasteiger charge is 2.19. The number of rotatable bonds is 7. The van der Waals surface area contributed by atoms with Gasteiger partial charge in [0.1, 0.15) is 0 Å². The van der Waals surface area contributed by atoms with Crippen LogP contribution in [0, 0.1) is 5.92 Å². The molecule has 4 nitrogen and oxygen atoms in total. The summed E-state index contributed by atoms with van der Waals surface area (Å²) in [4.78, 5) is 14.9. The molecule has 1 amide bonds. The van der Waals surface area contributed by atoms with Crippen molar-refractivity contribution < 1.29 is 4.79 Å². The molecule has 2 aliphatic rings. The minimum Gasteiger partial charge on any atom is -0.326 e. The van der Waals surface area contributed by atoms with Crippen LogP contribution in [-0.2, 0) is 11.3 Å². The molecule has 1 saturated heterocycles. The molecule has 0 aromatic heterocycles. The quantitative estimate of drug-likeness (QED) is 0.770. The second kappa shape index (κ2) is 10.1. The third-order valence-corrected chi connectivity index (χ3v) is 6.15. The summed E-state index contributed by atoms with van der Waals surface area (Å²) in [6, 6.07) is 8.99. The van der Waals surface area contributed by atoms with Crippen LogP contribution in [0.2, 0.25) is 0 Å². The lowest BCUT2D eigenvalue weighted by Crippen LogP contribution is -2.33. The number of hydrogen-bond donors (Lipinski definition) is 2. The van der Waals surface area contributed by atoms with Gasteiger partial charge < -0.3 is 10.6 Å². The summed E-state index contributed by atoms with van der Waals surface area (Å²) < 4.78 is 0. The van der Waals surface area contributed by atoms with Gasteiger partial charge in [-0.05, 0) is 69.8 Å². The van der Waals surface area contributed by atoms with Gasteiger partial charge in [0.15, 0.2) is 0 Å². The Morgan fingerprint density at radius 2 is 1.85 bits per heavy atom. The van der Waals surface area contributed by atoms with E-state index >= 15 is 0 Å².